The zero-order chi connectivity index (χ0) is 30.7. The van der Waals surface area contributed by atoms with Gasteiger partial charge in [0, 0.05) is 34.8 Å². The van der Waals surface area contributed by atoms with E-state index in [0.717, 1.165) is 61.6 Å². The molecular weight excluding hydrogens is 552 g/mol. The topological polar surface area (TPSA) is 68.3 Å². The van der Waals surface area contributed by atoms with Gasteiger partial charge in [-0.15, -0.1) is 0 Å². The highest BCUT2D eigenvalue weighted by Crippen LogP contribution is 2.54. The average molecular weight is 583 g/mol. The van der Waals surface area contributed by atoms with Gasteiger partial charge in [0.25, 0.3) is 0 Å². The molecule has 0 amide bonds. The van der Waals surface area contributed by atoms with Crippen LogP contribution in [0.1, 0.15) is 31.9 Å². The number of fused-ring (bicyclic) bond motifs is 7. The summed E-state index contributed by atoms with van der Waals surface area (Å²) in [6.45, 7) is 10.6. The molecule has 0 bridgehead atoms. The zero-order valence-electron chi connectivity index (χ0n) is 25.4. The molecule has 0 saturated carbocycles. The van der Waals surface area contributed by atoms with Crippen molar-refractivity contribution in [1.29, 1.82) is 0 Å². The Hall–Kier alpha value is -5.75. The highest BCUT2D eigenvalue weighted by Gasteiger charge is 2.38. The summed E-state index contributed by atoms with van der Waals surface area (Å²) in [7, 11) is 0. The van der Waals surface area contributed by atoms with Crippen molar-refractivity contribution < 1.29 is 0 Å². The standard InChI is InChI=1S/C39H30N6/c1-5-41-32-19-18-28-27-17-16-26-25-12-6-7-13-29(25)39(2,3)35(26)37(27)45(38(28)36(32)40-4)24-22-33(30-14-8-10-20-42-30)44-34(23-24)31-15-9-11-21-43-31/h5-23H,4H2,1-3H3/b41-5-. The first-order valence-electron chi connectivity index (χ1n) is 15.1. The average Bonchev–Trinajstić information content (AvgIpc) is 3.54. The summed E-state index contributed by atoms with van der Waals surface area (Å²) in [6.07, 6.45) is 5.39. The second-order valence-electron chi connectivity index (χ2n) is 11.8. The molecule has 4 heterocycles. The van der Waals surface area contributed by atoms with E-state index in [2.05, 4.69) is 94.7 Å². The molecule has 0 fully saturated rings. The van der Waals surface area contributed by atoms with Crippen LogP contribution in [0.4, 0.5) is 11.4 Å². The molecule has 0 atom stereocenters. The van der Waals surface area contributed by atoms with Crippen molar-refractivity contribution in [2.45, 2.75) is 26.2 Å². The largest absolute Gasteiger partial charge is 0.307 e. The van der Waals surface area contributed by atoms with Crippen molar-refractivity contribution in [2.75, 3.05) is 0 Å². The molecule has 0 aliphatic heterocycles. The molecule has 8 rings (SSSR count). The molecule has 0 saturated heterocycles. The first-order valence-corrected chi connectivity index (χ1v) is 15.1. The number of aliphatic imine (C=N–C) groups is 2. The van der Waals surface area contributed by atoms with Gasteiger partial charge >= 0.3 is 0 Å². The normalized spacial score (nSPS) is 13.4. The number of benzene rings is 3. The lowest BCUT2D eigenvalue weighted by molar-refractivity contribution is 0.664. The quantitative estimate of drug-likeness (QED) is 0.190. The van der Waals surface area contributed by atoms with Gasteiger partial charge in [0.05, 0.1) is 45.2 Å². The highest BCUT2D eigenvalue weighted by atomic mass is 15.0. The van der Waals surface area contributed by atoms with Crippen molar-refractivity contribution >= 4 is 46.1 Å². The minimum atomic E-state index is -0.246. The number of nitrogens with zero attached hydrogens (tertiary/aromatic N) is 6. The number of aromatic nitrogens is 4. The monoisotopic (exact) mass is 582 g/mol. The summed E-state index contributed by atoms with van der Waals surface area (Å²) in [6, 6.07) is 33.5. The third-order valence-electron chi connectivity index (χ3n) is 8.91. The molecule has 4 aromatic heterocycles. The molecular formula is C39H30N6. The summed E-state index contributed by atoms with van der Waals surface area (Å²) in [5.74, 6) is 0. The van der Waals surface area contributed by atoms with Gasteiger partial charge in [-0.1, -0.05) is 62.4 Å². The molecule has 1 aliphatic carbocycles. The Kier molecular flexibility index (Phi) is 6.07. The highest BCUT2D eigenvalue weighted by molar-refractivity contribution is 6.17. The predicted molar refractivity (Wildman–Crippen MR) is 186 cm³/mol. The van der Waals surface area contributed by atoms with Gasteiger partial charge in [0.1, 0.15) is 5.69 Å². The Morgan fingerprint density at radius 2 is 1.36 bits per heavy atom. The van der Waals surface area contributed by atoms with Gasteiger partial charge in [-0.25, -0.2) is 4.98 Å². The molecule has 7 aromatic rings. The van der Waals surface area contributed by atoms with Crippen molar-refractivity contribution in [3.8, 4) is 39.6 Å². The van der Waals surface area contributed by atoms with Crippen LogP contribution in [0.2, 0.25) is 0 Å². The smallest absolute Gasteiger partial charge is 0.112 e. The Balaban J connectivity index is 1.57. The number of hydrogen-bond acceptors (Lipinski definition) is 5. The van der Waals surface area contributed by atoms with E-state index in [0.29, 0.717) is 0 Å². The van der Waals surface area contributed by atoms with Crippen molar-refractivity contribution in [2.24, 2.45) is 9.98 Å². The SMILES string of the molecule is C=Nc1c(/N=C\C)ccc2c3ccc4c(c3n(-c3cc(-c5ccccn5)nc(-c5ccccn5)c3)c12)C(C)(C)c1ccccc1-4. The van der Waals surface area contributed by atoms with Gasteiger partial charge in [-0.05, 0) is 84.4 Å². The van der Waals surface area contributed by atoms with Crippen molar-refractivity contribution in [1.82, 2.24) is 19.5 Å². The lowest BCUT2D eigenvalue weighted by atomic mass is 9.81. The Morgan fingerprint density at radius 3 is 2.00 bits per heavy atom. The minimum Gasteiger partial charge on any atom is -0.307 e. The van der Waals surface area contributed by atoms with Crippen LogP contribution >= 0.6 is 0 Å². The molecule has 0 unspecified atom stereocenters. The van der Waals surface area contributed by atoms with Crippen LogP contribution in [-0.4, -0.2) is 32.5 Å². The van der Waals surface area contributed by atoms with Crippen LogP contribution in [0.15, 0.2) is 119 Å². The third kappa shape index (κ3) is 3.99. The van der Waals surface area contributed by atoms with Gasteiger partial charge in [0.15, 0.2) is 0 Å². The molecule has 216 valence electrons. The van der Waals surface area contributed by atoms with E-state index in [-0.39, 0.29) is 5.41 Å². The van der Waals surface area contributed by atoms with E-state index in [4.69, 9.17) is 9.98 Å². The molecule has 0 radical (unpaired) electrons. The number of rotatable bonds is 5. The Labute approximate surface area is 261 Å². The van der Waals surface area contributed by atoms with E-state index >= 15 is 0 Å². The first-order chi connectivity index (χ1) is 22.0. The maximum Gasteiger partial charge on any atom is 0.112 e. The number of hydrogen-bond donors (Lipinski definition) is 0. The van der Waals surface area contributed by atoms with Gasteiger partial charge in [-0.3, -0.25) is 20.0 Å². The molecule has 6 heteroatoms. The molecule has 6 nitrogen and oxygen atoms in total. The fraction of sp³-hybridized carbons (Fsp3) is 0.103. The van der Waals surface area contributed by atoms with Crippen LogP contribution in [0.5, 0.6) is 0 Å². The molecule has 0 spiro atoms. The second-order valence-corrected chi connectivity index (χ2v) is 11.8. The van der Waals surface area contributed by atoms with E-state index in [1.165, 1.54) is 22.3 Å². The number of pyridine rings is 3. The fourth-order valence-electron chi connectivity index (χ4n) is 7.01. The third-order valence-corrected chi connectivity index (χ3v) is 8.91. The summed E-state index contributed by atoms with van der Waals surface area (Å²) in [5.41, 5.74) is 12.5. The van der Waals surface area contributed by atoms with E-state index in [9.17, 15) is 0 Å². The van der Waals surface area contributed by atoms with Crippen molar-refractivity contribution in [3.63, 3.8) is 0 Å². The van der Waals surface area contributed by atoms with E-state index in [1.807, 2.05) is 49.4 Å². The van der Waals surface area contributed by atoms with Crippen molar-refractivity contribution in [3.05, 3.63) is 121 Å². The summed E-state index contributed by atoms with van der Waals surface area (Å²) < 4.78 is 2.34. The first kappa shape index (κ1) is 26.8. The maximum atomic E-state index is 5.07. The Bertz CT molecular complexity index is 2260. The molecule has 45 heavy (non-hydrogen) atoms. The van der Waals surface area contributed by atoms with E-state index in [1.54, 1.807) is 18.6 Å². The van der Waals surface area contributed by atoms with Crippen LogP contribution in [0, 0.1) is 0 Å². The summed E-state index contributed by atoms with van der Waals surface area (Å²) in [5, 5.41) is 2.24. The van der Waals surface area contributed by atoms with Crippen LogP contribution < -0.4 is 0 Å². The van der Waals surface area contributed by atoms with Gasteiger partial charge < -0.3 is 4.57 Å². The fourth-order valence-corrected chi connectivity index (χ4v) is 7.01. The molecule has 0 N–H and O–H groups in total. The minimum absolute atomic E-state index is 0.246. The van der Waals surface area contributed by atoms with Crippen LogP contribution in [-0.2, 0) is 5.41 Å². The summed E-state index contributed by atoms with van der Waals surface area (Å²) >= 11 is 0. The summed E-state index contributed by atoms with van der Waals surface area (Å²) in [4.78, 5) is 23.7. The Morgan fingerprint density at radius 1 is 0.711 bits per heavy atom. The van der Waals surface area contributed by atoms with Crippen LogP contribution in [0.25, 0.3) is 61.4 Å². The predicted octanol–water partition coefficient (Wildman–Crippen LogP) is 9.66. The van der Waals surface area contributed by atoms with Gasteiger partial charge in [-0.2, -0.15) is 0 Å². The molecule has 3 aromatic carbocycles. The zero-order valence-corrected chi connectivity index (χ0v) is 25.4. The maximum absolute atomic E-state index is 5.07. The lowest BCUT2D eigenvalue weighted by Gasteiger charge is -2.24. The lowest BCUT2D eigenvalue weighted by Crippen LogP contribution is -2.16. The van der Waals surface area contributed by atoms with Crippen LogP contribution in [0.3, 0.4) is 0 Å². The second kappa shape index (κ2) is 10.2. The van der Waals surface area contributed by atoms with E-state index < -0.39 is 0 Å². The molecule has 1 aliphatic rings. The van der Waals surface area contributed by atoms with Gasteiger partial charge in [0.2, 0.25) is 0 Å².